The number of nitrogens with zero attached hydrogens (tertiary/aromatic N) is 2. The molecule has 2 aromatic rings. The summed E-state index contributed by atoms with van der Waals surface area (Å²) in [4.78, 5) is 16.5. The van der Waals surface area contributed by atoms with E-state index in [4.69, 9.17) is 11.6 Å². The van der Waals surface area contributed by atoms with E-state index < -0.39 is 0 Å². The second-order valence-electron chi connectivity index (χ2n) is 6.10. The molecule has 1 N–H and O–H groups in total. The molecule has 2 amide bonds. The standard InChI is InChI=1S/C19H22ClN3O/c1-15-4-2-7-18(12-15)22-8-10-23(11-9-22)19(24)21-14-16-5-3-6-17(20)13-16/h2-7,12-13H,8-11,14H2,1H3,(H,21,24). The molecule has 1 aliphatic rings. The number of amides is 2. The van der Waals surface area contributed by atoms with Crippen molar-refractivity contribution in [2.45, 2.75) is 13.5 Å². The fourth-order valence-electron chi connectivity index (χ4n) is 2.93. The van der Waals surface area contributed by atoms with Crippen LogP contribution in [0.15, 0.2) is 48.5 Å². The van der Waals surface area contributed by atoms with Gasteiger partial charge in [0.2, 0.25) is 0 Å². The molecule has 0 aromatic heterocycles. The van der Waals surface area contributed by atoms with Gasteiger partial charge in [0.15, 0.2) is 0 Å². The Hall–Kier alpha value is -2.20. The number of benzene rings is 2. The number of piperazine rings is 1. The van der Waals surface area contributed by atoms with Crippen LogP contribution in [-0.4, -0.2) is 37.1 Å². The van der Waals surface area contributed by atoms with E-state index in [0.717, 1.165) is 31.7 Å². The molecule has 0 saturated carbocycles. The number of halogens is 1. The summed E-state index contributed by atoms with van der Waals surface area (Å²) in [6.45, 7) is 5.77. The second kappa shape index (κ2) is 7.58. The molecular weight excluding hydrogens is 322 g/mol. The van der Waals surface area contributed by atoms with Crippen LogP contribution >= 0.6 is 11.6 Å². The Morgan fingerprint density at radius 3 is 2.54 bits per heavy atom. The first-order chi connectivity index (χ1) is 11.6. The number of rotatable bonds is 3. The van der Waals surface area contributed by atoms with Crippen molar-refractivity contribution < 1.29 is 4.79 Å². The molecule has 2 aromatic carbocycles. The van der Waals surface area contributed by atoms with Gasteiger partial charge in [0.05, 0.1) is 0 Å². The van der Waals surface area contributed by atoms with Crippen molar-refractivity contribution in [2.75, 3.05) is 31.1 Å². The maximum Gasteiger partial charge on any atom is 0.317 e. The monoisotopic (exact) mass is 343 g/mol. The van der Waals surface area contributed by atoms with Gasteiger partial charge < -0.3 is 15.1 Å². The fraction of sp³-hybridized carbons (Fsp3) is 0.316. The van der Waals surface area contributed by atoms with Crippen LogP contribution in [0.1, 0.15) is 11.1 Å². The molecule has 1 heterocycles. The van der Waals surface area contributed by atoms with Crippen molar-refractivity contribution in [3.05, 3.63) is 64.7 Å². The van der Waals surface area contributed by atoms with Gasteiger partial charge in [-0.25, -0.2) is 4.79 Å². The number of nitrogens with one attached hydrogen (secondary N) is 1. The lowest BCUT2D eigenvalue weighted by molar-refractivity contribution is 0.194. The lowest BCUT2D eigenvalue weighted by Crippen LogP contribution is -2.51. The molecule has 0 radical (unpaired) electrons. The van der Waals surface area contributed by atoms with Crippen LogP contribution in [-0.2, 0) is 6.54 Å². The molecule has 1 aliphatic heterocycles. The van der Waals surface area contributed by atoms with E-state index in [0.29, 0.717) is 11.6 Å². The average molecular weight is 344 g/mol. The predicted molar refractivity (Wildman–Crippen MR) is 98.7 cm³/mol. The highest BCUT2D eigenvalue weighted by atomic mass is 35.5. The van der Waals surface area contributed by atoms with Crippen molar-refractivity contribution in [2.24, 2.45) is 0 Å². The first kappa shape index (κ1) is 16.7. The first-order valence-corrected chi connectivity index (χ1v) is 8.58. The quantitative estimate of drug-likeness (QED) is 0.922. The van der Waals surface area contributed by atoms with Gasteiger partial charge in [0.25, 0.3) is 0 Å². The Morgan fingerprint density at radius 2 is 1.83 bits per heavy atom. The molecule has 0 aliphatic carbocycles. The molecule has 0 spiro atoms. The minimum Gasteiger partial charge on any atom is -0.368 e. The number of carbonyl (C=O) groups excluding carboxylic acids is 1. The summed E-state index contributed by atoms with van der Waals surface area (Å²) in [7, 11) is 0. The maximum atomic E-state index is 12.3. The zero-order chi connectivity index (χ0) is 16.9. The summed E-state index contributed by atoms with van der Waals surface area (Å²) < 4.78 is 0. The first-order valence-electron chi connectivity index (χ1n) is 8.21. The lowest BCUT2D eigenvalue weighted by Gasteiger charge is -2.36. The molecule has 4 nitrogen and oxygen atoms in total. The molecule has 0 bridgehead atoms. The Morgan fingerprint density at radius 1 is 1.08 bits per heavy atom. The summed E-state index contributed by atoms with van der Waals surface area (Å²) in [6.07, 6.45) is 0. The minimum absolute atomic E-state index is 0.0149. The normalized spacial score (nSPS) is 14.6. The topological polar surface area (TPSA) is 35.6 Å². The Balaban J connectivity index is 1.50. The molecule has 1 saturated heterocycles. The predicted octanol–water partition coefficient (Wildman–Crippen LogP) is 3.68. The number of hydrogen-bond acceptors (Lipinski definition) is 2. The van der Waals surface area contributed by atoms with Crippen molar-refractivity contribution in [1.29, 1.82) is 0 Å². The van der Waals surface area contributed by atoms with Crippen LogP contribution in [0, 0.1) is 6.92 Å². The molecule has 0 atom stereocenters. The number of anilines is 1. The van der Waals surface area contributed by atoms with Gasteiger partial charge in [0.1, 0.15) is 0 Å². The van der Waals surface area contributed by atoms with Crippen molar-refractivity contribution in [3.63, 3.8) is 0 Å². The van der Waals surface area contributed by atoms with Gasteiger partial charge in [0, 0.05) is 43.4 Å². The second-order valence-corrected chi connectivity index (χ2v) is 6.54. The van der Waals surface area contributed by atoms with Crippen molar-refractivity contribution >= 4 is 23.3 Å². The molecule has 24 heavy (non-hydrogen) atoms. The van der Waals surface area contributed by atoms with Gasteiger partial charge in [-0.05, 0) is 42.3 Å². The van der Waals surface area contributed by atoms with Crippen molar-refractivity contribution in [3.8, 4) is 0 Å². The molecule has 3 rings (SSSR count). The highest BCUT2D eigenvalue weighted by Gasteiger charge is 2.21. The van der Waals surface area contributed by atoms with Crippen LogP contribution in [0.25, 0.3) is 0 Å². The van der Waals surface area contributed by atoms with E-state index in [-0.39, 0.29) is 6.03 Å². The number of carbonyl (C=O) groups is 1. The smallest absolute Gasteiger partial charge is 0.317 e. The molecule has 0 unspecified atom stereocenters. The van der Waals surface area contributed by atoms with Crippen LogP contribution in [0.5, 0.6) is 0 Å². The molecule has 1 fully saturated rings. The van der Waals surface area contributed by atoms with E-state index in [2.05, 4.69) is 41.4 Å². The van der Waals surface area contributed by atoms with Crippen LogP contribution in [0.2, 0.25) is 5.02 Å². The molecule has 126 valence electrons. The van der Waals surface area contributed by atoms with E-state index in [1.54, 1.807) is 0 Å². The summed E-state index contributed by atoms with van der Waals surface area (Å²) >= 11 is 5.97. The van der Waals surface area contributed by atoms with E-state index in [9.17, 15) is 4.79 Å². The zero-order valence-corrected chi connectivity index (χ0v) is 14.6. The zero-order valence-electron chi connectivity index (χ0n) is 13.8. The van der Waals surface area contributed by atoms with Crippen LogP contribution < -0.4 is 10.2 Å². The molecule has 5 heteroatoms. The van der Waals surface area contributed by atoms with Crippen LogP contribution in [0.3, 0.4) is 0 Å². The molecular formula is C19H22ClN3O. The third kappa shape index (κ3) is 4.20. The van der Waals surface area contributed by atoms with E-state index in [1.165, 1.54) is 11.3 Å². The van der Waals surface area contributed by atoms with Gasteiger partial charge >= 0.3 is 6.03 Å². The van der Waals surface area contributed by atoms with Gasteiger partial charge in [-0.1, -0.05) is 35.9 Å². The summed E-state index contributed by atoms with van der Waals surface area (Å²) in [5.74, 6) is 0. The SMILES string of the molecule is Cc1cccc(N2CCN(C(=O)NCc3cccc(Cl)c3)CC2)c1. The number of aryl methyl sites for hydroxylation is 1. The Bertz CT molecular complexity index is 711. The lowest BCUT2D eigenvalue weighted by atomic mass is 10.2. The summed E-state index contributed by atoms with van der Waals surface area (Å²) in [5.41, 5.74) is 3.50. The summed E-state index contributed by atoms with van der Waals surface area (Å²) in [5, 5.41) is 3.66. The van der Waals surface area contributed by atoms with E-state index in [1.807, 2.05) is 29.2 Å². The number of hydrogen-bond donors (Lipinski definition) is 1. The highest BCUT2D eigenvalue weighted by Crippen LogP contribution is 2.18. The van der Waals surface area contributed by atoms with Crippen molar-refractivity contribution in [1.82, 2.24) is 10.2 Å². The number of urea groups is 1. The van der Waals surface area contributed by atoms with E-state index >= 15 is 0 Å². The van der Waals surface area contributed by atoms with Gasteiger partial charge in [-0.15, -0.1) is 0 Å². The Kier molecular flexibility index (Phi) is 5.26. The van der Waals surface area contributed by atoms with Gasteiger partial charge in [-0.3, -0.25) is 0 Å². The Labute approximate surface area is 148 Å². The average Bonchev–Trinajstić information content (AvgIpc) is 2.60. The van der Waals surface area contributed by atoms with Crippen LogP contribution in [0.4, 0.5) is 10.5 Å². The third-order valence-electron chi connectivity index (χ3n) is 4.27. The summed E-state index contributed by atoms with van der Waals surface area (Å²) in [6, 6.07) is 16.0. The largest absolute Gasteiger partial charge is 0.368 e. The van der Waals surface area contributed by atoms with Gasteiger partial charge in [-0.2, -0.15) is 0 Å². The third-order valence-corrected chi connectivity index (χ3v) is 4.50. The maximum absolute atomic E-state index is 12.3. The fourth-order valence-corrected chi connectivity index (χ4v) is 3.14. The highest BCUT2D eigenvalue weighted by molar-refractivity contribution is 6.30. The minimum atomic E-state index is -0.0149.